The number of aliphatic hydroxyl groups is 1. The van der Waals surface area contributed by atoms with Crippen molar-refractivity contribution < 1.29 is 14.1 Å². The van der Waals surface area contributed by atoms with Crippen molar-refractivity contribution in [3.8, 4) is 11.8 Å². The van der Waals surface area contributed by atoms with E-state index in [2.05, 4.69) is 17.2 Å². The van der Waals surface area contributed by atoms with Crippen molar-refractivity contribution in [2.45, 2.75) is 6.42 Å². The van der Waals surface area contributed by atoms with Gasteiger partial charge in [0.2, 0.25) is 0 Å². The highest BCUT2D eigenvalue weighted by Crippen LogP contribution is 2.13. The predicted octanol–water partition coefficient (Wildman–Crippen LogP) is 0.590. The molecule has 1 aromatic heterocycles. The first-order chi connectivity index (χ1) is 8.63. The van der Waals surface area contributed by atoms with Crippen molar-refractivity contribution in [3.05, 3.63) is 21.9 Å². The summed E-state index contributed by atoms with van der Waals surface area (Å²) in [5.41, 5.74) is 0.569. The highest BCUT2D eigenvalue weighted by molar-refractivity contribution is 7.84. The van der Waals surface area contributed by atoms with E-state index in [1.165, 1.54) is 11.3 Å². The van der Waals surface area contributed by atoms with Gasteiger partial charge < -0.3 is 10.4 Å². The van der Waals surface area contributed by atoms with Crippen molar-refractivity contribution in [1.29, 1.82) is 0 Å². The van der Waals surface area contributed by atoms with E-state index in [9.17, 15) is 9.00 Å². The van der Waals surface area contributed by atoms with E-state index in [-0.39, 0.29) is 12.5 Å². The van der Waals surface area contributed by atoms with E-state index in [0.717, 1.165) is 4.88 Å². The molecule has 98 valence electrons. The average Bonchev–Trinajstić information content (AvgIpc) is 2.80. The van der Waals surface area contributed by atoms with Crippen molar-refractivity contribution in [2.24, 2.45) is 0 Å². The highest BCUT2D eigenvalue weighted by atomic mass is 32.2. The topological polar surface area (TPSA) is 66.4 Å². The number of nitrogens with one attached hydrogen (secondary N) is 1. The molecule has 0 saturated heterocycles. The van der Waals surface area contributed by atoms with E-state index >= 15 is 0 Å². The molecule has 0 fully saturated rings. The lowest BCUT2D eigenvalue weighted by Crippen LogP contribution is -2.24. The van der Waals surface area contributed by atoms with Crippen LogP contribution in [0.2, 0.25) is 0 Å². The highest BCUT2D eigenvalue weighted by Gasteiger charge is 2.07. The quantitative estimate of drug-likeness (QED) is 0.615. The molecule has 1 aromatic rings. The lowest BCUT2D eigenvalue weighted by molar-refractivity contribution is 0.0954. The second-order valence-electron chi connectivity index (χ2n) is 3.55. The number of rotatable bonds is 5. The zero-order valence-corrected chi connectivity index (χ0v) is 11.7. The normalized spacial score (nSPS) is 11.4. The fraction of sp³-hybridized carbons (Fsp3) is 0.417. The second-order valence-corrected chi connectivity index (χ2v) is 6.01. The molecule has 1 heterocycles. The molecular weight excluding hydrogens is 270 g/mol. The van der Waals surface area contributed by atoms with Crippen LogP contribution in [0.3, 0.4) is 0 Å². The molecule has 1 amide bonds. The first-order valence-electron chi connectivity index (χ1n) is 5.40. The number of thiophene rings is 1. The minimum absolute atomic E-state index is 0.148. The Morgan fingerprint density at radius 1 is 1.61 bits per heavy atom. The van der Waals surface area contributed by atoms with Gasteiger partial charge >= 0.3 is 0 Å². The smallest absolute Gasteiger partial charge is 0.252 e. The van der Waals surface area contributed by atoms with E-state index in [1.54, 1.807) is 17.7 Å². The molecule has 18 heavy (non-hydrogen) atoms. The standard InChI is InChI=1S/C12H15NO3S2/c1-18(16)7-3-5-13-12(15)10-8-11(17-9-10)4-2-6-14/h8-9,14H,3,5-7H2,1H3,(H,13,15). The van der Waals surface area contributed by atoms with Crippen molar-refractivity contribution >= 4 is 28.0 Å². The molecule has 0 aliphatic carbocycles. The van der Waals surface area contributed by atoms with Gasteiger partial charge in [0.05, 0.1) is 10.4 Å². The Morgan fingerprint density at radius 3 is 3.06 bits per heavy atom. The summed E-state index contributed by atoms with van der Waals surface area (Å²) < 4.78 is 10.8. The summed E-state index contributed by atoms with van der Waals surface area (Å²) in [6, 6.07) is 1.70. The largest absolute Gasteiger partial charge is 0.384 e. The summed E-state index contributed by atoms with van der Waals surface area (Å²) in [7, 11) is -0.816. The summed E-state index contributed by atoms with van der Waals surface area (Å²) in [4.78, 5) is 12.5. The van der Waals surface area contributed by atoms with Crippen molar-refractivity contribution in [3.63, 3.8) is 0 Å². The van der Waals surface area contributed by atoms with Crippen LogP contribution in [-0.2, 0) is 10.8 Å². The zero-order chi connectivity index (χ0) is 13.4. The van der Waals surface area contributed by atoms with Crippen LogP contribution in [0.15, 0.2) is 11.4 Å². The Labute approximate surface area is 113 Å². The maximum Gasteiger partial charge on any atom is 0.252 e. The Morgan fingerprint density at radius 2 is 2.39 bits per heavy atom. The number of hydrogen-bond acceptors (Lipinski definition) is 4. The minimum Gasteiger partial charge on any atom is -0.384 e. The maximum absolute atomic E-state index is 11.7. The van der Waals surface area contributed by atoms with Crippen molar-refractivity contribution in [1.82, 2.24) is 5.32 Å². The van der Waals surface area contributed by atoms with Gasteiger partial charge in [-0.15, -0.1) is 11.3 Å². The lowest BCUT2D eigenvalue weighted by atomic mass is 10.3. The second kappa shape index (κ2) is 8.03. The third-order valence-corrected chi connectivity index (χ3v) is 3.76. The molecule has 0 spiro atoms. The number of aliphatic hydroxyl groups excluding tert-OH is 1. The van der Waals surface area contributed by atoms with Gasteiger partial charge in [-0.2, -0.15) is 0 Å². The van der Waals surface area contributed by atoms with Crippen LogP contribution in [0.4, 0.5) is 0 Å². The van der Waals surface area contributed by atoms with E-state index < -0.39 is 10.8 Å². The van der Waals surface area contributed by atoms with Crippen LogP contribution in [0.25, 0.3) is 0 Å². The van der Waals surface area contributed by atoms with Gasteiger partial charge in [0, 0.05) is 34.7 Å². The molecule has 1 unspecified atom stereocenters. The van der Waals surface area contributed by atoms with Crippen LogP contribution >= 0.6 is 11.3 Å². The fourth-order valence-electron chi connectivity index (χ4n) is 1.23. The maximum atomic E-state index is 11.7. The van der Waals surface area contributed by atoms with Crippen LogP contribution < -0.4 is 5.32 Å². The van der Waals surface area contributed by atoms with E-state index in [1.807, 2.05) is 0 Å². The van der Waals surface area contributed by atoms with Gasteiger partial charge in [-0.1, -0.05) is 11.8 Å². The molecule has 0 radical (unpaired) electrons. The van der Waals surface area contributed by atoms with Gasteiger partial charge in [0.15, 0.2) is 0 Å². The van der Waals surface area contributed by atoms with Gasteiger partial charge in [-0.05, 0) is 12.5 Å². The first kappa shape index (κ1) is 14.9. The fourth-order valence-corrected chi connectivity index (χ4v) is 2.53. The Kier molecular flexibility index (Phi) is 6.65. The number of hydrogen-bond donors (Lipinski definition) is 2. The van der Waals surface area contributed by atoms with Crippen LogP contribution in [0.5, 0.6) is 0 Å². The van der Waals surface area contributed by atoms with E-state index in [4.69, 9.17) is 5.11 Å². The number of carbonyl (C=O) groups is 1. The third kappa shape index (κ3) is 5.45. The molecule has 0 aliphatic heterocycles. The molecule has 0 saturated carbocycles. The number of amides is 1. The van der Waals surface area contributed by atoms with Gasteiger partial charge in [0.25, 0.3) is 5.91 Å². The summed E-state index contributed by atoms with van der Waals surface area (Å²) in [6.07, 6.45) is 2.35. The van der Waals surface area contributed by atoms with Crippen LogP contribution in [0, 0.1) is 11.8 Å². The molecule has 1 rings (SSSR count). The molecule has 0 bridgehead atoms. The Hall–Kier alpha value is -1.16. The summed E-state index contributed by atoms with van der Waals surface area (Å²) in [5, 5.41) is 13.0. The van der Waals surface area contributed by atoms with Crippen LogP contribution in [-0.4, -0.2) is 40.4 Å². The van der Waals surface area contributed by atoms with Crippen molar-refractivity contribution in [2.75, 3.05) is 25.2 Å². The molecule has 4 nitrogen and oxygen atoms in total. The van der Waals surface area contributed by atoms with Gasteiger partial charge in [0.1, 0.15) is 6.61 Å². The van der Waals surface area contributed by atoms with Gasteiger partial charge in [-0.3, -0.25) is 9.00 Å². The zero-order valence-electron chi connectivity index (χ0n) is 10.1. The molecule has 0 aromatic carbocycles. The Balaban J connectivity index is 2.42. The minimum atomic E-state index is -0.816. The number of carbonyl (C=O) groups excluding carboxylic acids is 1. The summed E-state index contributed by atoms with van der Waals surface area (Å²) >= 11 is 1.37. The Bertz CT molecular complexity index is 485. The SMILES string of the molecule is CS(=O)CCCNC(=O)c1csc(C#CCO)c1. The summed E-state index contributed by atoms with van der Waals surface area (Å²) in [6.45, 7) is 0.333. The van der Waals surface area contributed by atoms with Crippen LogP contribution in [0.1, 0.15) is 21.7 Å². The average molecular weight is 285 g/mol. The first-order valence-corrected chi connectivity index (χ1v) is 8.00. The molecule has 0 aliphatic rings. The molecule has 6 heteroatoms. The molecular formula is C12H15NO3S2. The molecule has 2 N–H and O–H groups in total. The van der Waals surface area contributed by atoms with Gasteiger partial charge in [-0.25, -0.2) is 0 Å². The third-order valence-electron chi connectivity index (χ3n) is 2.05. The van der Waals surface area contributed by atoms with E-state index in [0.29, 0.717) is 24.3 Å². The summed E-state index contributed by atoms with van der Waals surface area (Å²) in [5.74, 6) is 5.73. The monoisotopic (exact) mass is 285 g/mol. The predicted molar refractivity (Wildman–Crippen MR) is 74.2 cm³/mol. The molecule has 1 atom stereocenters. The lowest BCUT2D eigenvalue weighted by Gasteiger charge is -2.01.